The van der Waals surface area contributed by atoms with Crippen LogP contribution in [0.25, 0.3) is 0 Å². The Hall–Kier alpha value is -2.52. The second kappa shape index (κ2) is 17.3. The number of benzene rings is 2. The fourth-order valence-corrected chi connectivity index (χ4v) is 5.67. The van der Waals surface area contributed by atoms with Gasteiger partial charge in [-0.1, -0.05) is 12.1 Å². The minimum Gasteiger partial charge on any atom is -0.490 e. The minimum absolute atomic E-state index is 0.396. The molecule has 1 heterocycles. The third-order valence-corrected chi connectivity index (χ3v) is 7.54. The van der Waals surface area contributed by atoms with E-state index in [2.05, 4.69) is 34.1 Å². The molecule has 0 aromatic heterocycles. The average Bonchev–Trinajstić information content (AvgIpc) is 2.96. The van der Waals surface area contributed by atoms with Crippen LogP contribution in [-0.2, 0) is 12.8 Å². The van der Waals surface area contributed by atoms with Gasteiger partial charge in [0.2, 0.25) is 0 Å². The second-order valence-corrected chi connectivity index (χ2v) is 10.2. The Balaban J connectivity index is 1.65. The molecule has 1 aliphatic heterocycles. The van der Waals surface area contributed by atoms with E-state index >= 15 is 0 Å². The Bertz CT molecular complexity index is 917. The van der Waals surface area contributed by atoms with E-state index in [0.29, 0.717) is 51.6 Å². The fourth-order valence-electron chi connectivity index (χ4n) is 5.67. The standard InChI is InChI=1S/C32H52N4O4/c1-5-37-29-11-9-25(23-31(29)39-7-3)21-27(13-15-33)35-17-19-36(20-18-35)28(14-16-34)22-26-10-12-30(38-6-2)32(24-26)40-8-4/h9-12,23-24,27-28H,5-8,13-22,33-34H2,1-4H3. The van der Waals surface area contributed by atoms with Crippen molar-refractivity contribution in [3.05, 3.63) is 47.5 Å². The van der Waals surface area contributed by atoms with Gasteiger partial charge in [0, 0.05) is 38.3 Å². The molecule has 0 radical (unpaired) electrons. The highest BCUT2D eigenvalue weighted by Gasteiger charge is 2.28. The van der Waals surface area contributed by atoms with Gasteiger partial charge >= 0.3 is 0 Å². The molecule has 224 valence electrons. The summed E-state index contributed by atoms with van der Waals surface area (Å²) in [6.07, 6.45) is 3.83. The summed E-state index contributed by atoms with van der Waals surface area (Å²) in [5.41, 5.74) is 14.7. The van der Waals surface area contributed by atoms with Gasteiger partial charge in [0.05, 0.1) is 26.4 Å². The lowest BCUT2D eigenvalue weighted by Gasteiger charge is -2.42. The average molecular weight is 557 g/mol. The normalized spacial score (nSPS) is 15.9. The largest absolute Gasteiger partial charge is 0.490 e. The summed E-state index contributed by atoms with van der Waals surface area (Å²) >= 11 is 0. The van der Waals surface area contributed by atoms with Crippen molar-refractivity contribution < 1.29 is 18.9 Å². The fraction of sp³-hybridized carbons (Fsp3) is 0.625. The van der Waals surface area contributed by atoms with E-state index in [9.17, 15) is 0 Å². The van der Waals surface area contributed by atoms with Crippen LogP contribution in [0.4, 0.5) is 0 Å². The second-order valence-electron chi connectivity index (χ2n) is 10.2. The molecule has 8 nitrogen and oxygen atoms in total. The Labute approximate surface area is 241 Å². The van der Waals surface area contributed by atoms with Crippen LogP contribution in [0.3, 0.4) is 0 Å². The maximum atomic E-state index is 6.08. The molecule has 0 amide bonds. The first-order chi connectivity index (χ1) is 19.6. The molecule has 0 bridgehead atoms. The molecule has 2 aromatic carbocycles. The summed E-state index contributed by atoms with van der Waals surface area (Å²) in [6, 6.07) is 13.5. The number of nitrogens with zero attached hydrogens (tertiary/aromatic N) is 2. The van der Waals surface area contributed by atoms with Gasteiger partial charge in [-0.15, -0.1) is 0 Å². The zero-order valence-electron chi connectivity index (χ0n) is 25.2. The van der Waals surface area contributed by atoms with Crippen molar-refractivity contribution >= 4 is 0 Å². The predicted octanol–water partition coefficient (Wildman–Crippen LogP) is 4.12. The highest BCUT2D eigenvalue weighted by molar-refractivity contribution is 5.44. The highest BCUT2D eigenvalue weighted by atomic mass is 16.5. The van der Waals surface area contributed by atoms with Crippen molar-refractivity contribution in [2.45, 2.75) is 65.5 Å². The molecule has 0 spiro atoms. The van der Waals surface area contributed by atoms with E-state index in [4.69, 9.17) is 30.4 Å². The van der Waals surface area contributed by atoms with E-state index in [1.807, 2.05) is 39.8 Å². The van der Waals surface area contributed by atoms with Crippen LogP contribution in [0, 0.1) is 0 Å². The molecule has 0 aliphatic carbocycles. The van der Waals surface area contributed by atoms with Crippen LogP contribution in [0.2, 0.25) is 0 Å². The van der Waals surface area contributed by atoms with Gasteiger partial charge in [0.15, 0.2) is 23.0 Å². The Morgan fingerprint density at radius 2 is 0.925 bits per heavy atom. The van der Waals surface area contributed by atoms with Crippen molar-refractivity contribution in [3.63, 3.8) is 0 Å². The quantitative estimate of drug-likeness (QED) is 0.283. The summed E-state index contributed by atoms with van der Waals surface area (Å²) in [4.78, 5) is 5.23. The van der Waals surface area contributed by atoms with Crippen molar-refractivity contribution in [2.75, 3.05) is 65.7 Å². The predicted molar refractivity (Wildman–Crippen MR) is 163 cm³/mol. The number of hydrogen-bond acceptors (Lipinski definition) is 8. The summed E-state index contributed by atoms with van der Waals surface area (Å²) in [5, 5.41) is 0. The van der Waals surface area contributed by atoms with Crippen LogP contribution in [-0.4, -0.2) is 87.6 Å². The van der Waals surface area contributed by atoms with Gasteiger partial charge in [0.1, 0.15) is 0 Å². The van der Waals surface area contributed by atoms with E-state index in [-0.39, 0.29) is 0 Å². The molecule has 4 N–H and O–H groups in total. The minimum atomic E-state index is 0.396. The van der Waals surface area contributed by atoms with E-state index in [1.165, 1.54) is 11.1 Å². The molecule has 40 heavy (non-hydrogen) atoms. The van der Waals surface area contributed by atoms with Crippen LogP contribution >= 0.6 is 0 Å². The van der Waals surface area contributed by atoms with Gasteiger partial charge in [-0.05, 0) is 102 Å². The molecule has 1 saturated heterocycles. The Morgan fingerprint density at radius 1 is 0.575 bits per heavy atom. The first-order valence-electron chi connectivity index (χ1n) is 15.2. The molecular formula is C32H52N4O4. The first kappa shape index (κ1) is 32.0. The number of rotatable bonds is 18. The molecule has 2 aromatic rings. The SMILES string of the molecule is CCOc1ccc(CC(CCN)N2CCN(C(CCN)Cc3ccc(OCC)c(OCC)c3)CC2)cc1OCC. The number of piperazine rings is 1. The molecule has 1 aliphatic rings. The smallest absolute Gasteiger partial charge is 0.161 e. The molecule has 8 heteroatoms. The number of ether oxygens (including phenoxy) is 4. The third-order valence-electron chi connectivity index (χ3n) is 7.54. The Kier molecular flexibility index (Phi) is 13.9. The number of nitrogens with two attached hydrogens (primary N) is 2. The lowest BCUT2D eigenvalue weighted by atomic mass is 9.98. The van der Waals surface area contributed by atoms with Crippen LogP contribution < -0.4 is 30.4 Å². The topological polar surface area (TPSA) is 95.4 Å². The Morgan fingerprint density at radius 3 is 1.25 bits per heavy atom. The zero-order valence-corrected chi connectivity index (χ0v) is 25.2. The number of hydrogen-bond donors (Lipinski definition) is 2. The molecule has 3 rings (SSSR count). The zero-order chi connectivity index (χ0) is 28.7. The van der Waals surface area contributed by atoms with E-state index in [0.717, 1.165) is 74.9 Å². The van der Waals surface area contributed by atoms with Crippen molar-refractivity contribution in [1.82, 2.24) is 9.80 Å². The molecule has 1 fully saturated rings. The van der Waals surface area contributed by atoms with Crippen LogP contribution in [0.1, 0.15) is 51.7 Å². The van der Waals surface area contributed by atoms with Gasteiger partial charge in [-0.3, -0.25) is 9.80 Å². The highest BCUT2D eigenvalue weighted by Crippen LogP contribution is 2.31. The summed E-state index contributed by atoms with van der Waals surface area (Å²) in [7, 11) is 0. The van der Waals surface area contributed by atoms with E-state index < -0.39 is 0 Å². The molecular weight excluding hydrogens is 504 g/mol. The van der Waals surface area contributed by atoms with Crippen molar-refractivity contribution in [3.8, 4) is 23.0 Å². The van der Waals surface area contributed by atoms with Crippen molar-refractivity contribution in [1.29, 1.82) is 0 Å². The monoisotopic (exact) mass is 556 g/mol. The summed E-state index contributed by atoms with van der Waals surface area (Å²) in [6.45, 7) is 15.9. The molecule has 0 saturated carbocycles. The lowest BCUT2D eigenvalue weighted by Crippen LogP contribution is -2.54. The van der Waals surface area contributed by atoms with Gasteiger partial charge < -0.3 is 30.4 Å². The van der Waals surface area contributed by atoms with Gasteiger partial charge in [-0.25, -0.2) is 0 Å². The van der Waals surface area contributed by atoms with Crippen molar-refractivity contribution in [2.24, 2.45) is 11.5 Å². The van der Waals surface area contributed by atoms with Crippen LogP contribution in [0.15, 0.2) is 36.4 Å². The molecule has 2 atom stereocenters. The van der Waals surface area contributed by atoms with Gasteiger partial charge in [-0.2, -0.15) is 0 Å². The van der Waals surface area contributed by atoms with E-state index in [1.54, 1.807) is 0 Å². The maximum absolute atomic E-state index is 6.08. The van der Waals surface area contributed by atoms with Gasteiger partial charge in [0.25, 0.3) is 0 Å². The lowest BCUT2D eigenvalue weighted by molar-refractivity contribution is 0.0643. The summed E-state index contributed by atoms with van der Waals surface area (Å²) in [5.74, 6) is 3.27. The molecule has 2 unspecified atom stereocenters. The van der Waals surface area contributed by atoms with Crippen LogP contribution in [0.5, 0.6) is 23.0 Å². The third kappa shape index (κ3) is 9.26. The summed E-state index contributed by atoms with van der Waals surface area (Å²) < 4.78 is 23.3. The maximum Gasteiger partial charge on any atom is 0.161 e. The first-order valence-corrected chi connectivity index (χ1v) is 15.2.